The molecule has 0 radical (unpaired) electrons. The van der Waals surface area contributed by atoms with E-state index in [0.29, 0.717) is 0 Å². The Kier molecular flexibility index (Phi) is 4.76. The molecule has 1 aliphatic carbocycles. The Balaban J connectivity index is 1.33. The van der Waals surface area contributed by atoms with Crippen molar-refractivity contribution in [2.45, 2.75) is 50.7 Å². The van der Waals surface area contributed by atoms with Crippen molar-refractivity contribution in [2.24, 2.45) is 0 Å². The third kappa shape index (κ3) is 3.52. The number of hydrogen-bond acceptors (Lipinski definition) is 3. The maximum absolute atomic E-state index is 12.5. The Hall–Kier alpha value is -2.43. The lowest BCUT2D eigenvalue weighted by Crippen LogP contribution is -2.42. The number of fused-ring (bicyclic) bond motifs is 3. The second-order valence-corrected chi connectivity index (χ2v) is 8.67. The molecule has 1 aliphatic heterocycles. The predicted molar refractivity (Wildman–Crippen MR) is 116 cm³/mol. The minimum atomic E-state index is -0.717. The molecule has 0 bridgehead atoms. The molecule has 3 aromatic rings. The Morgan fingerprint density at radius 2 is 1.69 bits per heavy atom. The van der Waals surface area contributed by atoms with Crippen LogP contribution in [-0.4, -0.2) is 28.1 Å². The van der Waals surface area contributed by atoms with Gasteiger partial charge in [-0.2, -0.15) is 0 Å². The highest BCUT2D eigenvalue weighted by Gasteiger charge is 2.33. The summed E-state index contributed by atoms with van der Waals surface area (Å²) in [6, 6.07) is 16.6. The van der Waals surface area contributed by atoms with Gasteiger partial charge in [-0.25, -0.2) is 0 Å². The fourth-order valence-electron chi connectivity index (χ4n) is 5.08. The molecule has 0 atom stereocenters. The molecule has 2 aliphatic rings. The van der Waals surface area contributed by atoms with Gasteiger partial charge in [0.2, 0.25) is 0 Å². The zero-order valence-electron chi connectivity index (χ0n) is 16.8. The molecule has 29 heavy (non-hydrogen) atoms. The number of aliphatic hydroxyl groups is 1. The number of nitrogens with zero attached hydrogens (tertiary/aromatic N) is 1. The second-order valence-electron chi connectivity index (χ2n) is 8.67. The van der Waals surface area contributed by atoms with Gasteiger partial charge in [-0.05, 0) is 61.3 Å². The lowest BCUT2D eigenvalue weighted by Gasteiger charge is -2.38. The summed E-state index contributed by atoms with van der Waals surface area (Å²) < 4.78 is 0. The fraction of sp³-hybridized carbons (Fsp3) is 0.400. The third-order valence-electron chi connectivity index (χ3n) is 6.80. The molecule has 0 saturated carbocycles. The molecular weight excluding hydrogens is 360 g/mol. The average Bonchev–Trinajstić information content (AvgIpc) is 2.76. The monoisotopic (exact) mass is 388 g/mol. The Morgan fingerprint density at radius 3 is 2.45 bits per heavy atom. The molecule has 4 nitrogen and oxygen atoms in total. The SMILES string of the molecule is O=c1[nH]c2cc(CN3CCC(O)(c4ccccc4)CC3)ccc2c2c1CCCC2. The van der Waals surface area contributed by atoms with Crippen LogP contribution >= 0.6 is 0 Å². The van der Waals surface area contributed by atoms with Gasteiger partial charge in [0.05, 0.1) is 5.60 Å². The highest BCUT2D eigenvalue weighted by molar-refractivity contribution is 5.84. The van der Waals surface area contributed by atoms with E-state index in [-0.39, 0.29) is 5.56 Å². The molecular formula is C25H28N2O2. The van der Waals surface area contributed by atoms with Crippen LogP contribution < -0.4 is 5.56 Å². The number of benzene rings is 2. The number of likely N-dealkylation sites (tertiary alicyclic amines) is 1. The predicted octanol–water partition coefficient (Wildman–Crippen LogP) is 3.89. The number of aromatic amines is 1. The van der Waals surface area contributed by atoms with E-state index in [1.165, 1.54) is 22.9 Å². The van der Waals surface area contributed by atoms with Crippen molar-refractivity contribution >= 4 is 10.9 Å². The van der Waals surface area contributed by atoms with E-state index < -0.39 is 5.60 Å². The van der Waals surface area contributed by atoms with Gasteiger partial charge in [-0.1, -0.05) is 42.5 Å². The summed E-state index contributed by atoms with van der Waals surface area (Å²) in [5, 5.41) is 12.3. The Labute approximate surface area is 171 Å². The third-order valence-corrected chi connectivity index (χ3v) is 6.80. The normalized spacial score (nSPS) is 19.2. The van der Waals surface area contributed by atoms with Crippen molar-refractivity contribution in [3.05, 3.63) is 81.1 Å². The molecule has 0 amide bonds. The second kappa shape index (κ2) is 7.43. The Morgan fingerprint density at radius 1 is 0.966 bits per heavy atom. The maximum atomic E-state index is 12.5. The summed E-state index contributed by atoms with van der Waals surface area (Å²) in [6.07, 6.45) is 5.69. The summed E-state index contributed by atoms with van der Waals surface area (Å²) in [5.41, 5.74) is 4.83. The van der Waals surface area contributed by atoms with Gasteiger partial charge in [-0.3, -0.25) is 9.69 Å². The number of rotatable bonds is 3. The number of pyridine rings is 1. The number of nitrogens with one attached hydrogen (secondary N) is 1. The number of piperidine rings is 1. The topological polar surface area (TPSA) is 56.3 Å². The van der Waals surface area contributed by atoms with Crippen LogP contribution in [0.1, 0.15) is 47.9 Å². The van der Waals surface area contributed by atoms with Gasteiger partial charge < -0.3 is 10.1 Å². The average molecular weight is 389 g/mol. The van der Waals surface area contributed by atoms with E-state index in [2.05, 4.69) is 28.1 Å². The largest absolute Gasteiger partial charge is 0.385 e. The van der Waals surface area contributed by atoms with E-state index in [1.54, 1.807) is 0 Å². The van der Waals surface area contributed by atoms with Crippen LogP contribution in [0.5, 0.6) is 0 Å². The maximum Gasteiger partial charge on any atom is 0.251 e. The molecule has 4 heteroatoms. The quantitative estimate of drug-likeness (QED) is 0.716. The minimum Gasteiger partial charge on any atom is -0.385 e. The molecule has 1 fully saturated rings. The van der Waals surface area contributed by atoms with E-state index in [4.69, 9.17) is 0 Å². The lowest BCUT2D eigenvalue weighted by molar-refractivity contribution is -0.0277. The van der Waals surface area contributed by atoms with Crippen LogP contribution in [0.25, 0.3) is 10.9 Å². The summed E-state index contributed by atoms with van der Waals surface area (Å²) in [5.74, 6) is 0. The highest BCUT2D eigenvalue weighted by Crippen LogP contribution is 2.33. The van der Waals surface area contributed by atoms with Gasteiger partial charge in [0.1, 0.15) is 0 Å². The number of aromatic nitrogens is 1. The number of hydrogen-bond donors (Lipinski definition) is 2. The van der Waals surface area contributed by atoms with Gasteiger partial charge in [-0.15, -0.1) is 0 Å². The first kappa shape index (κ1) is 18.6. The molecule has 2 aromatic carbocycles. The fourth-order valence-corrected chi connectivity index (χ4v) is 5.08. The zero-order valence-corrected chi connectivity index (χ0v) is 16.8. The van der Waals surface area contributed by atoms with Crippen LogP contribution in [-0.2, 0) is 25.0 Å². The van der Waals surface area contributed by atoms with Crippen molar-refractivity contribution in [1.29, 1.82) is 0 Å². The highest BCUT2D eigenvalue weighted by atomic mass is 16.3. The zero-order chi connectivity index (χ0) is 19.8. The first-order valence-corrected chi connectivity index (χ1v) is 10.8. The van der Waals surface area contributed by atoms with E-state index in [1.807, 2.05) is 30.3 Å². The van der Waals surface area contributed by atoms with Crippen LogP contribution in [0.2, 0.25) is 0 Å². The van der Waals surface area contributed by atoms with Crippen molar-refractivity contribution in [1.82, 2.24) is 9.88 Å². The minimum absolute atomic E-state index is 0.0928. The summed E-state index contributed by atoms with van der Waals surface area (Å²) >= 11 is 0. The van der Waals surface area contributed by atoms with E-state index in [9.17, 15) is 9.90 Å². The first-order chi connectivity index (χ1) is 14.1. The molecule has 2 N–H and O–H groups in total. The number of aryl methyl sites for hydroxylation is 1. The van der Waals surface area contributed by atoms with Crippen molar-refractivity contribution in [3.63, 3.8) is 0 Å². The van der Waals surface area contributed by atoms with Crippen LogP contribution in [0, 0.1) is 0 Å². The van der Waals surface area contributed by atoms with Gasteiger partial charge >= 0.3 is 0 Å². The van der Waals surface area contributed by atoms with E-state index in [0.717, 1.165) is 68.4 Å². The smallest absolute Gasteiger partial charge is 0.251 e. The molecule has 1 aromatic heterocycles. The van der Waals surface area contributed by atoms with Crippen LogP contribution in [0.4, 0.5) is 0 Å². The first-order valence-electron chi connectivity index (χ1n) is 10.8. The summed E-state index contributed by atoms with van der Waals surface area (Å²) in [4.78, 5) is 18.0. The molecule has 0 spiro atoms. The molecule has 1 saturated heterocycles. The van der Waals surface area contributed by atoms with Crippen molar-refractivity contribution < 1.29 is 5.11 Å². The molecule has 150 valence electrons. The number of H-pyrrole nitrogens is 1. The molecule has 2 heterocycles. The Bertz CT molecular complexity index is 1080. The lowest BCUT2D eigenvalue weighted by atomic mass is 9.84. The van der Waals surface area contributed by atoms with Crippen LogP contribution in [0.3, 0.4) is 0 Å². The molecule has 0 unspecified atom stereocenters. The van der Waals surface area contributed by atoms with Crippen LogP contribution in [0.15, 0.2) is 53.3 Å². The standard InChI is InChI=1S/C25H28N2O2/c28-24-22-9-5-4-8-20(22)21-11-10-18(16-23(21)26-24)17-27-14-12-25(29,13-15-27)19-6-2-1-3-7-19/h1-3,6-7,10-11,16,29H,4-5,8-9,12-15,17H2,(H,26,28). The summed E-state index contributed by atoms with van der Waals surface area (Å²) in [7, 11) is 0. The van der Waals surface area contributed by atoms with E-state index >= 15 is 0 Å². The summed E-state index contributed by atoms with van der Waals surface area (Å²) in [6.45, 7) is 2.58. The van der Waals surface area contributed by atoms with Gasteiger partial charge in [0.25, 0.3) is 5.56 Å². The van der Waals surface area contributed by atoms with Gasteiger partial charge in [0, 0.05) is 36.1 Å². The van der Waals surface area contributed by atoms with Crippen molar-refractivity contribution in [2.75, 3.05) is 13.1 Å². The van der Waals surface area contributed by atoms with Gasteiger partial charge in [0.15, 0.2) is 0 Å². The van der Waals surface area contributed by atoms with Crippen molar-refractivity contribution in [3.8, 4) is 0 Å². The molecule has 5 rings (SSSR count).